The van der Waals surface area contributed by atoms with Crippen LogP contribution in [0.2, 0.25) is 5.02 Å². The van der Waals surface area contributed by atoms with E-state index in [1.165, 1.54) is 0 Å². The highest BCUT2D eigenvalue weighted by Gasteiger charge is 1.93. The molecule has 0 fully saturated rings. The van der Waals surface area contributed by atoms with E-state index < -0.39 is 0 Å². The van der Waals surface area contributed by atoms with E-state index in [2.05, 4.69) is 10.2 Å². The van der Waals surface area contributed by atoms with Gasteiger partial charge in [0, 0.05) is 10.4 Å². The summed E-state index contributed by atoms with van der Waals surface area (Å²) in [5.41, 5.74) is 0.979. The van der Waals surface area contributed by atoms with E-state index in [-0.39, 0.29) is 12.4 Å². The van der Waals surface area contributed by atoms with Crippen LogP contribution >= 0.6 is 24.0 Å². The number of benzene rings is 1. The first-order valence-corrected chi connectivity index (χ1v) is 3.33. The molecule has 2 nitrogen and oxygen atoms in total. The molecular formula is C7H6Cl2N2. The SMILES string of the molecule is Cl.Clc1ccc2cn[nH]c2c1. The van der Waals surface area contributed by atoms with Crippen molar-refractivity contribution in [1.82, 2.24) is 10.2 Å². The number of halogens is 2. The first-order chi connectivity index (χ1) is 4.86. The molecule has 0 spiro atoms. The number of rotatable bonds is 0. The minimum absolute atomic E-state index is 0. The Morgan fingerprint density at radius 3 is 3.00 bits per heavy atom. The highest BCUT2D eigenvalue weighted by molar-refractivity contribution is 6.31. The van der Waals surface area contributed by atoms with Gasteiger partial charge in [-0.05, 0) is 18.2 Å². The number of hydrogen-bond acceptors (Lipinski definition) is 1. The van der Waals surface area contributed by atoms with Gasteiger partial charge in [-0.15, -0.1) is 12.4 Å². The monoisotopic (exact) mass is 188 g/mol. The average molecular weight is 189 g/mol. The molecule has 0 amide bonds. The van der Waals surface area contributed by atoms with Gasteiger partial charge >= 0.3 is 0 Å². The quantitative estimate of drug-likeness (QED) is 0.677. The molecule has 0 bridgehead atoms. The molecule has 1 heterocycles. The zero-order valence-electron chi connectivity index (χ0n) is 5.54. The third-order valence-electron chi connectivity index (χ3n) is 1.40. The predicted molar refractivity (Wildman–Crippen MR) is 48.4 cm³/mol. The normalized spacial score (nSPS) is 9.55. The Kier molecular flexibility index (Phi) is 2.37. The van der Waals surface area contributed by atoms with Crippen LogP contribution < -0.4 is 0 Å². The molecule has 0 aliphatic heterocycles. The maximum atomic E-state index is 5.73. The second-order valence-electron chi connectivity index (χ2n) is 2.10. The molecule has 58 valence electrons. The summed E-state index contributed by atoms with van der Waals surface area (Å²) < 4.78 is 0. The zero-order valence-corrected chi connectivity index (χ0v) is 7.12. The van der Waals surface area contributed by atoms with E-state index in [1.807, 2.05) is 18.2 Å². The Morgan fingerprint density at radius 2 is 2.18 bits per heavy atom. The summed E-state index contributed by atoms with van der Waals surface area (Å²) in [5.74, 6) is 0. The third kappa shape index (κ3) is 1.47. The molecule has 2 aromatic rings. The van der Waals surface area contributed by atoms with Gasteiger partial charge in [0.15, 0.2) is 0 Å². The molecule has 1 N–H and O–H groups in total. The van der Waals surface area contributed by atoms with E-state index >= 15 is 0 Å². The van der Waals surface area contributed by atoms with Crippen LogP contribution in [0.5, 0.6) is 0 Å². The molecule has 1 aromatic carbocycles. The minimum atomic E-state index is 0. The van der Waals surface area contributed by atoms with Gasteiger partial charge in [-0.3, -0.25) is 5.10 Å². The van der Waals surface area contributed by atoms with Crippen molar-refractivity contribution in [2.45, 2.75) is 0 Å². The lowest BCUT2D eigenvalue weighted by molar-refractivity contribution is 1.12. The Balaban J connectivity index is 0.000000605. The molecule has 0 radical (unpaired) electrons. The minimum Gasteiger partial charge on any atom is -0.278 e. The third-order valence-corrected chi connectivity index (χ3v) is 1.64. The lowest BCUT2D eigenvalue weighted by Gasteiger charge is -1.87. The fraction of sp³-hybridized carbons (Fsp3) is 0. The van der Waals surface area contributed by atoms with Crippen LogP contribution in [0.25, 0.3) is 10.9 Å². The molecule has 0 aliphatic carbocycles. The van der Waals surface area contributed by atoms with Crippen molar-refractivity contribution in [3.63, 3.8) is 0 Å². The van der Waals surface area contributed by atoms with Gasteiger partial charge < -0.3 is 0 Å². The van der Waals surface area contributed by atoms with Crippen LogP contribution in [0.15, 0.2) is 24.4 Å². The summed E-state index contributed by atoms with van der Waals surface area (Å²) in [6.45, 7) is 0. The summed E-state index contributed by atoms with van der Waals surface area (Å²) in [7, 11) is 0. The van der Waals surface area contributed by atoms with E-state index in [4.69, 9.17) is 11.6 Å². The van der Waals surface area contributed by atoms with Crippen LogP contribution in [0.1, 0.15) is 0 Å². The molecule has 0 saturated carbocycles. The molecule has 0 saturated heterocycles. The smallest absolute Gasteiger partial charge is 0.0665 e. The number of H-pyrrole nitrogens is 1. The largest absolute Gasteiger partial charge is 0.278 e. The number of nitrogens with one attached hydrogen (secondary N) is 1. The summed E-state index contributed by atoms with van der Waals surface area (Å²) >= 11 is 5.73. The molecule has 0 unspecified atom stereocenters. The first kappa shape index (κ1) is 8.37. The Hall–Kier alpha value is -0.730. The van der Waals surface area contributed by atoms with Gasteiger partial charge in [-0.1, -0.05) is 11.6 Å². The molecule has 11 heavy (non-hydrogen) atoms. The number of aromatic nitrogens is 2. The summed E-state index contributed by atoms with van der Waals surface area (Å²) in [6, 6.07) is 5.63. The van der Waals surface area contributed by atoms with Crippen molar-refractivity contribution >= 4 is 34.9 Å². The predicted octanol–water partition coefficient (Wildman–Crippen LogP) is 2.64. The fourth-order valence-corrected chi connectivity index (χ4v) is 1.08. The highest BCUT2D eigenvalue weighted by Crippen LogP contribution is 2.15. The molecule has 2 rings (SSSR count). The highest BCUT2D eigenvalue weighted by atomic mass is 35.5. The van der Waals surface area contributed by atoms with Crippen molar-refractivity contribution in [1.29, 1.82) is 0 Å². The second kappa shape index (κ2) is 3.11. The van der Waals surface area contributed by atoms with E-state index in [9.17, 15) is 0 Å². The molecule has 1 aromatic heterocycles. The van der Waals surface area contributed by atoms with Crippen LogP contribution in [0, 0.1) is 0 Å². The number of aromatic amines is 1. The molecular weight excluding hydrogens is 183 g/mol. The van der Waals surface area contributed by atoms with Crippen molar-refractivity contribution in [2.75, 3.05) is 0 Å². The van der Waals surface area contributed by atoms with Gasteiger partial charge in [0.25, 0.3) is 0 Å². The van der Waals surface area contributed by atoms with Gasteiger partial charge in [0.05, 0.1) is 11.7 Å². The Bertz CT molecular complexity index is 356. The lowest BCUT2D eigenvalue weighted by atomic mass is 10.3. The van der Waals surface area contributed by atoms with Gasteiger partial charge in [0.1, 0.15) is 0 Å². The average Bonchev–Trinajstić information content (AvgIpc) is 2.33. The van der Waals surface area contributed by atoms with Crippen LogP contribution in [0.3, 0.4) is 0 Å². The molecule has 0 atom stereocenters. The van der Waals surface area contributed by atoms with Crippen molar-refractivity contribution in [3.05, 3.63) is 29.4 Å². The van der Waals surface area contributed by atoms with Crippen LogP contribution in [-0.2, 0) is 0 Å². The van der Waals surface area contributed by atoms with E-state index in [1.54, 1.807) is 6.20 Å². The van der Waals surface area contributed by atoms with Crippen molar-refractivity contribution < 1.29 is 0 Å². The number of nitrogens with zero attached hydrogens (tertiary/aromatic N) is 1. The number of hydrogen-bond donors (Lipinski definition) is 1. The van der Waals surface area contributed by atoms with E-state index in [0.717, 1.165) is 15.9 Å². The maximum absolute atomic E-state index is 5.73. The first-order valence-electron chi connectivity index (χ1n) is 2.95. The lowest BCUT2D eigenvalue weighted by Crippen LogP contribution is -1.66. The van der Waals surface area contributed by atoms with Crippen LogP contribution in [-0.4, -0.2) is 10.2 Å². The standard InChI is InChI=1S/C7H5ClN2.ClH/c8-6-2-1-5-4-9-10-7(5)3-6;/h1-4H,(H,9,10);1H. The van der Waals surface area contributed by atoms with Crippen LogP contribution in [0.4, 0.5) is 0 Å². The molecule has 4 heteroatoms. The summed E-state index contributed by atoms with van der Waals surface area (Å²) in [4.78, 5) is 0. The number of fused-ring (bicyclic) bond motifs is 1. The van der Waals surface area contributed by atoms with Gasteiger partial charge in [-0.2, -0.15) is 5.10 Å². The maximum Gasteiger partial charge on any atom is 0.0665 e. The molecule has 0 aliphatic rings. The second-order valence-corrected chi connectivity index (χ2v) is 2.54. The summed E-state index contributed by atoms with van der Waals surface area (Å²) in [6.07, 6.45) is 1.77. The Morgan fingerprint density at radius 1 is 1.36 bits per heavy atom. The van der Waals surface area contributed by atoms with Crippen molar-refractivity contribution in [3.8, 4) is 0 Å². The zero-order chi connectivity index (χ0) is 6.97. The van der Waals surface area contributed by atoms with Crippen molar-refractivity contribution in [2.24, 2.45) is 0 Å². The Labute approximate surface area is 75.0 Å². The van der Waals surface area contributed by atoms with E-state index in [0.29, 0.717) is 0 Å². The fourth-order valence-electron chi connectivity index (χ4n) is 0.909. The van der Waals surface area contributed by atoms with Gasteiger partial charge in [0.2, 0.25) is 0 Å². The topological polar surface area (TPSA) is 28.7 Å². The van der Waals surface area contributed by atoms with Gasteiger partial charge in [-0.25, -0.2) is 0 Å². The summed E-state index contributed by atoms with van der Waals surface area (Å²) in [5, 5.41) is 8.51.